The minimum atomic E-state index is -0.500. The van der Waals surface area contributed by atoms with Crippen LogP contribution < -0.4 is 16.0 Å². The number of anilines is 2. The first-order chi connectivity index (χ1) is 22.2. The summed E-state index contributed by atoms with van der Waals surface area (Å²) in [6.45, 7) is 5.98. The van der Waals surface area contributed by atoms with Crippen LogP contribution in [0.5, 0.6) is 0 Å². The summed E-state index contributed by atoms with van der Waals surface area (Å²) in [6.07, 6.45) is 1.66. The molecule has 0 heterocycles. The third kappa shape index (κ3) is 8.83. The average Bonchev–Trinajstić information content (AvgIpc) is 3.04. The molecule has 0 spiro atoms. The Hall–Kier alpha value is -5.40. The second-order valence-electron chi connectivity index (χ2n) is 11.0. The van der Waals surface area contributed by atoms with Crippen molar-refractivity contribution in [2.75, 3.05) is 10.6 Å². The molecule has 46 heavy (non-hydrogen) atoms. The maximum Gasteiger partial charge on any atom is 0.272 e. The minimum Gasteiger partial charge on any atom is -0.325 e. The van der Waals surface area contributed by atoms with Crippen molar-refractivity contribution in [1.29, 1.82) is 0 Å². The van der Waals surface area contributed by atoms with Gasteiger partial charge in [-0.2, -0.15) is 0 Å². The molecular weight excluding hydrogens is 591 g/mol. The molecule has 1 atom stereocenters. The highest BCUT2D eigenvalue weighted by atomic mass is 32.2. The third-order valence-corrected chi connectivity index (χ3v) is 8.34. The smallest absolute Gasteiger partial charge is 0.272 e. The Morgan fingerprint density at radius 1 is 0.630 bits per heavy atom. The second-order valence-corrected chi connectivity index (χ2v) is 12.2. The molecule has 0 saturated heterocycles. The van der Waals surface area contributed by atoms with E-state index in [9.17, 15) is 14.4 Å². The molecule has 3 N–H and O–H groups in total. The van der Waals surface area contributed by atoms with Gasteiger partial charge in [0.05, 0.1) is 0 Å². The normalized spacial score (nSPS) is 11.8. The monoisotopic (exact) mass is 625 g/mol. The lowest BCUT2D eigenvalue weighted by molar-refractivity contribution is -0.116. The Balaban J connectivity index is 1.33. The lowest BCUT2D eigenvalue weighted by Gasteiger charge is -2.18. The molecule has 1 unspecified atom stereocenters. The van der Waals surface area contributed by atoms with Gasteiger partial charge in [-0.15, -0.1) is 11.8 Å². The summed E-state index contributed by atoms with van der Waals surface area (Å²) in [5, 5.41) is 8.26. The van der Waals surface area contributed by atoms with E-state index in [-0.39, 0.29) is 17.5 Å². The van der Waals surface area contributed by atoms with Gasteiger partial charge in [-0.25, -0.2) is 0 Å². The number of carbonyl (C=O) groups excluding carboxylic acids is 3. The van der Waals surface area contributed by atoms with E-state index in [4.69, 9.17) is 0 Å². The predicted octanol–water partition coefficient (Wildman–Crippen LogP) is 8.49. The van der Waals surface area contributed by atoms with Gasteiger partial charge >= 0.3 is 0 Å². The molecule has 0 aliphatic carbocycles. The van der Waals surface area contributed by atoms with Crippen LogP contribution in [-0.4, -0.2) is 17.7 Å². The van der Waals surface area contributed by atoms with E-state index in [1.165, 1.54) is 11.8 Å². The van der Waals surface area contributed by atoms with Crippen molar-refractivity contribution in [3.05, 3.63) is 166 Å². The topological polar surface area (TPSA) is 87.3 Å². The summed E-state index contributed by atoms with van der Waals surface area (Å²) in [4.78, 5) is 40.9. The highest BCUT2D eigenvalue weighted by molar-refractivity contribution is 8.00. The van der Waals surface area contributed by atoms with Crippen LogP contribution in [0.2, 0.25) is 0 Å². The lowest BCUT2D eigenvalue weighted by Crippen LogP contribution is -2.30. The first kappa shape index (κ1) is 32.0. The third-order valence-electron chi connectivity index (χ3n) is 7.08. The molecular formula is C39H35N3O3S. The Morgan fingerprint density at radius 3 is 1.93 bits per heavy atom. The fraction of sp³-hybridized carbons (Fsp3) is 0.103. The van der Waals surface area contributed by atoms with Crippen LogP contribution in [0, 0.1) is 20.8 Å². The SMILES string of the molecule is Cc1cccc(/C=C(\NC(=O)c2ccccc2)C(=O)Nc2ccc(SC(C(=O)Nc3cc(C)cc(C)c3)c3ccccc3)cc2)c1. The summed E-state index contributed by atoms with van der Waals surface area (Å²) in [7, 11) is 0. The first-order valence-corrected chi connectivity index (χ1v) is 15.8. The Labute approximate surface area is 274 Å². The van der Waals surface area contributed by atoms with Crippen LogP contribution in [0.25, 0.3) is 6.08 Å². The van der Waals surface area contributed by atoms with Crippen molar-refractivity contribution < 1.29 is 14.4 Å². The maximum atomic E-state index is 13.6. The van der Waals surface area contributed by atoms with Crippen molar-refractivity contribution in [1.82, 2.24) is 5.32 Å². The van der Waals surface area contributed by atoms with Crippen molar-refractivity contribution in [2.24, 2.45) is 0 Å². The van der Waals surface area contributed by atoms with Gasteiger partial charge in [0, 0.05) is 21.8 Å². The van der Waals surface area contributed by atoms with Crippen molar-refractivity contribution in [3.8, 4) is 0 Å². The molecule has 5 aromatic rings. The highest BCUT2D eigenvalue weighted by Crippen LogP contribution is 2.37. The van der Waals surface area contributed by atoms with Crippen LogP contribution >= 0.6 is 11.8 Å². The van der Waals surface area contributed by atoms with Gasteiger partial charge in [-0.3, -0.25) is 14.4 Å². The second kappa shape index (κ2) is 15.1. The summed E-state index contributed by atoms with van der Waals surface area (Å²) < 4.78 is 0. The zero-order chi connectivity index (χ0) is 32.5. The molecule has 0 aromatic heterocycles. The van der Waals surface area contributed by atoms with Gasteiger partial charge in [-0.05, 0) is 97.6 Å². The molecule has 3 amide bonds. The van der Waals surface area contributed by atoms with Crippen molar-refractivity contribution in [2.45, 2.75) is 30.9 Å². The number of benzene rings is 5. The van der Waals surface area contributed by atoms with Crippen molar-refractivity contribution >= 4 is 46.9 Å². The largest absolute Gasteiger partial charge is 0.325 e. The number of amides is 3. The highest BCUT2D eigenvalue weighted by Gasteiger charge is 2.23. The standard InChI is InChI=1S/C39H35N3O3S/c1-26-11-10-12-29(22-26)25-35(42-37(43)31-15-8-5-9-16-31)38(44)40-32-17-19-34(20-18-32)46-36(30-13-6-4-7-14-30)39(45)41-33-23-27(2)21-28(3)24-33/h4-25,36H,1-3H3,(H,40,44)(H,41,45)(H,42,43)/b35-25-. The van der Waals surface area contributed by atoms with E-state index in [1.807, 2.05) is 106 Å². The summed E-state index contributed by atoms with van der Waals surface area (Å²) in [6, 6.07) is 39.4. The predicted molar refractivity (Wildman–Crippen MR) is 188 cm³/mol. The lowest BCUT2D eigenvalue weighted by atomic mass is 10.1. The van der Waals surface area contributed by atoms with Gasteiger partial charge in [0.1, 0.15) is 10.9 Å². The molecule has 0 bridgehead atoms. The van der Waals surface area contributed by atoms with Crippen LogP contribution in [-0.2, 0) is 9.59 Å². The average molecular weight is 626 g/mol. The van der Waals surface area contributed by atoms with Crippen LogP contribution in [0.4, 0.5) is 11.4 Å². The molecule has 0 radical (unpaired) electrons. The van der Waals surface area contributed by atoms with Gasteiger partial charge in [0.25, 0.3) is 11.8 Å². The van der Waals surface area contributed by atoms with Gasteiger partial charge < -0.3 is 16.0 Å². The molecule has 0 aliphatic heterocycles. The fourth-order valence-corrected chi connectivity index (χ4v) is 6.00. The fourth-order valence-electron chi connectivity index (χ4n) is 4.98. The summed E-state index contributed by atoms with van der Waals surface area (Å²) >= 11 is 1.43. The van der Waals surface area contributed by atoms with Gasteiger partial charge in [0.15, 0.2) is 0 Å². The summed E-state index contributed by atoms with van der Waals surface area (Å²) in [5.74, 6) is -0.965. The number of hydrogen-bond donors (Lipinski definition) is 3. The molecule has 0 fully saturated rings. The molecule has 7 heteroatoms. The van der Waals surface area contributed by atoms with Crippen LogP contribution in [0.1, 0.15) is 43.4 Å². The Morgan fingerprint density at radius 2 is 1.28 bits per heavy atom. The van der Waals surface area contributed by atoms with Crippen molar-refractivity contribution in [3.63, 3.8) is 0 Å². The number of rotatable bonds is 10. The van der Waals surface area contributed by atoms with Crippen LogP contribution in [0.15, 0.2) is 138 Å². The number of aryl methyl sites for hydroxylation is 3. The van der Waals surface area contributed by atoms with E-state index in [1.54, 1.807) is 42.5 Å². The van der Waals surface area contributed by atoms with E-state index in [2.05, 4.69) is 22.0 Å². The van der Waals surface area contributed by atoms with E-state index in [0.717, 1.165) is 38.4 Å². The van der Waals surface area contributed by atoms with E-state index in [0.29, 0.717) is 11.3 Å². The zero-order valence-electron chi connectivity index (χ0n) is 25.9. The zero-order valence-corrected chi connectivity index (χ0v) is 26.7. The quantitative estimate of drug-likeness (QED) is 0.107. The Bertz CT molecular complexity index is 1850. The maximum absolute atomic E-state index is 13.6. The number of carbonyl (C=O) groups is 3. The molecule has 230 valence electrons. The van der Waals surface area contributed by atoms with Crippen LogP contribution in [0.3, 0.4) is 0 Å². The summed E-state index contributed by atoms with van der Waals surface area (Å²) in [5.41, 5.74) is 6.73. The van der Waals surface area contributed by atoms with Gasteiger partial charge in [-0.1, -0.05) is 84.4 Å². The molecule has 5 rings (SSSR count). The molecule has 6 nitrogen and oxygen atoms in total. The minimum absolute atomic E-state index is 0.116. The Kier molecular flexibility index (Phi) is 10.5. The molecule has 5 aromatic carbocycles. The molecule has 0 saturated carbocycles. The number of nitrogens with one attached hydrogen (secondary N) is 3. The first-order valence-electron chi connectivity index (χ1n) is 14.9. The molecule has 0 aliphatic rings. The number of hydrogen-bond acceptors (Lipinski definition) is 4. The number of thioether (sulfide) groups is 1. The van der Waals surface area contributed by atoms with Gasteiger partial charge in [0.2, 0.25) is 5.91 Å². The van der Waals surface area contributed by atoms with E-state index < -0.39 is 11.2 Å². The van der Waals surface area contributed by atoms with E-state index >= 15 is 0 Å².